The van der Waals surface area contributed by atoms with E-state index in [-0.39, 0.29) is 11.4 Å². The molecule has 1 aromatic heterocycles. The Morgan fingerprint density at radius 2 is 1.56 bits per heavy atom. The molecule has 0 radical (unpaired) electrons. The van der Waals surface area contributed by atoms with E-state index in [0.29, 0.717) is 16.9 Å². The van der Waals surface area contributed by atoms with Crippen molar-refractivity contribution in [2.24, 2.45) is 5.10 Å². The molecule has 0 spiro atoms. The maximum absolute atomic E-state index is 13.1. The molecule has 3 aromatic carbocycles. The van der Waals surface area contributed by atoms with Crippen molar-refractivity contribution in [3.05, 3.63) is 148 Å². The van der Waals surface area contributed by atoms with Crippen LogP contribution in [0.25, 0.3) is 11.8 Å². The smallest absolute Gasteiger partial charge is 0.287 e. The van der Waals surface area contributed by atoms with Gasteiger partial charge in [-0.1, -0.05) is 54.6 Å². The summed E-state index contributed by atoms with van der Waals surface area (Å²) in [6.45, 7) is 1.83. The Labute approximate surface area is 225 Å². The summed E-state index contributed by atoms with van der Waals surface area (Å²) >= 11 is 0. The fourth-order valence-corrected chi connectivity index (χ4v) is 3.71. The highest BCUT2D eigenvalue weighted by atomic mass is 16.6. The van der Waals surface area contributed by atoms with Gasteiger partial charge in [-0.25, -0.2) is 5.43 Å². The molecular weight excluding hydrogens is 494 g/mol. The van der Waals surface area contributed by atoms with E-state index in [1.54, 1.807) is 71.4 Å². The SMILES string of the molecule is CC(/C=C(\NC(=O)c1ccccc1)C(=O)N/N=C\c1cccn1-c1ccc([N+](=O)[O-])cc1)=C\c1ccccc1. The number of nitrogens with one attached hydrogen (secondary N) is 2. The predicted molar refractivity (Wildman–Crippen MR) is 150 cm³/mol. The van der Waals surface area contributed by atoms with E-state index in [4.69, 9.17) is 0 Å². The second-order valence-electron chi connectivity index (χ2n) is 8.45. The van der Waals surface area contributed by atoms with Crippen molar-refractivity contribution in [1.29, 1.82) is 0 Å². The van der Waals surface area contributed by atoms with E-state index < -0.39 is 16.7 Å². The van der Waals surface area contributed by atoms with Crippen LogP contribution >= 0.6 is 0 Å². The molecule has 0 bridgehead atoms. The number of benzene rings is 3. The number of non-ortho nitro benzene ring substituents is 1. The van der Waals surface area contributed by atoms with Crippen LogP contribution < -0.4 is 10.7 Å². The van der Waals surface area contributed by atoms with Crippen LogP contribution in [-0.2, 0) is 4.79 Å². The van der Waals surface area contributed by atoms with E-state index in [9.17, 15) is 19.7 Å². The highest BCUT2D eigenvalue weighted by molar-refractivity contribution is 6.03. The normalized spacial score (nSPS) is 11.8. The van der Waals surface area contributed by atoms with Gasteiger partial charge in [-0.15, -0.1) is 0 Å². The van der Waals surface area contributed by atoms with Gasteiger partial charge in [-0.05, 0) is 60.5 Å². The van der Waals surface area contributed by atoms with E-state index in [2.05, 4.69) is 15.8 Å². The monoisotopic (exact) mass is 519 g/mol. The van der Waals surface area contributed by atoms with Crippen molar-refractivity contribution in [3.8, 4) is 5.69 Å². The van der Waals surface area contributed by atoms with Crippen LogP contribution in [0.4, 0.5) is 5.69 Å². The number of allylic oxidation sites excluding steroid dienone is 2. The van der Waals surface area contributed by atoms with Gasteiger partial charge in [0.1, 0.15) is 5.70 Å². The predicted octanol–water partition coefficient (Wildman–Crippen LogP) is 5.25. The lowest BCUT2D eigenvalue weighted by Crippen LogP contribution is -2.33. The zero-order valence-corrected chi connectivity index (χ0v) is 21.0. The number of rotatable bonds is 9. The van der Waals surface area contributed by atoms with Crippen molar-refractivity contribution in [2.45, 2.75) is 6.92 Å². The molecule has 39 heavy (non-hydrogen) atoms. The van der Waals surface area contributed by atoms with Gasteiger partial charge in [0.05, 0.1) is 16.8 Å². The summed E-state index contributed by atoms with van der Waals surface area (Å²) in [6.07, 6.45) is 6.69. The third-order valence-corrected chi connectivity index (χ3v) is 5.58. The summed E-state index contributed by atoms with van der Waals surface area (Å²) in [5.74, 6) is -1.04. The zero-order chi connectivity index (χ0) is 27.6. The van der Waals surface area contributed by atoms with Gasteiger partial charge < -0.3 is 9.88 Å². The number of carbonyl (C=O) groups excluding carboxylic acids is 2. The van der Waals surface area contributed by atoms with Crippen molar-refractivity contribution in [2.75, 3.05) is 0 Å². The third kappa shape index (κ3) is 7.23. The average molecular weight is 520 g/mol. The van der Waals surface area contributed by atoms with E-state index >= 15 is 0 Å². The number of nitro groups is 1. The maximum Gasteiger partial charge on any atom is 0.287 e. The van der Waals surface area contributed by atoms with Gasteiger partial charge >= 0.3 is 0 Å². The lowest BCUT2D eigenvalue weighted by Gasteiger charge is -2.10. The Bertz CT molecular complexity index is 1550. The molecule has 4 rings (SSSR count). The molecule has 0 aliphatic heterocycles. The number of nitro benzene ring substituents is 1. The number of hydrogen-bond acceptors (Lipinski definition) is 5. The van der Waals surface area contributed by atoms with E-state index in [1.807, 2.05) is 43.3 Å². The van der Waals surface area contributed by atoms with Crippen LogP contribution in [0.5, 0.6) is 0 Å². The quantitative estimate of drug-likeness (QED) is 0.103. The Kier molecular flexibility index (Phi) is 8.56. The molecule has 9 heteroatoms. The molecule has 9 nitrogen and oxygen atoms in total. The fourth-order valence-electron chi connectivity index (χ4n) is 3.71. The summed E-state index contributed by atoms with van der Waals surface area (Å²) in [7, 11) is 0. The van der Waals surface area contributed by atoms with Crippen molar-refractivity contribution in [1.82, 2.24) is 15.3 Å². The Morgan fingerprint density at radius 3 is 2.23 bits per heavy atom. The third-order valence-electron chi connectivity index (χ3n) is 5.58. The summed E-state index contributed by atoms with van der Waals surface area (Å²) in [4.78, 5) is 36.3. The van der Waals surface area contributed by atoms with Crippen LogP contribution in [-0.4, -0.2) is 27.5 Å². The number of hydrazone groups is 1. The van der Waals surface area contributed by atoms with Gasteiger partial charge in [-0.2, -0.15) is 5.10 Å². The number of carbonyl (C=O) groups is 2. The number of amides is 2. The average Bonchev–Trinajstić information content (AvgIpc) is 3.42. The summed E-state index contributed by atoms with van der Waals surface area (Å²) in [6, 6.07) is 27.8. The first kappa shape index (κ1) is 26.5. The Balaban J connectivity index is 1.53. The van der Waals surface area contributed by atoms with Crippen molar-refractivity contribution >= 4 is 29.8 Å². The van der Waals surface area contributed by atoms with Crippen LogP contribution in [0.3, 0.4) is 0 Å². The van der Waals surface area contributed by atoms with Gasteiger partial charge in [0, 0.05) is 29.6 Å². The lowest BCUT2D eigenvalue weighted by atomic mass is 10.1. The molecule has 0 saturated heterocycles. The maximum atomic E-state index is 13.1. The summed E-state index contributed by atoms with van der Waals surface area (Å²) < 4.78 is 1.76. The highest BCUT2D eigenvalue weighted by Crippen LogP contribution is 2.17. The second-order valence-corrected chi connectivity index (χ2v) is 8.45. The molecule has 1 heterocycles. The van der Waals surface area contributed by atoms with E-state index in [1.165, 1.54) is 18.3 Å². The largest absolute Gasteiger partial charge is 0.317 e. The molecule has 194 valence electrons. The van der Waals surface area contributed by atoms with Crippen LogP contribution in [0.1, 0.15) is 28.5 Å². The fraction of sp³-hybridized carbons (Fsp3) is 0.0333. The van der Waals surface area contributed by atoms with E-state index in [0.717, 1.165) is 11.1 Å². The standard InChI is InChI=1S/C30H25N5O4/c1-22(19-23-9-4-2-5-10-23)20-28(32-29(36)24-11-6-3-7-12-24)30(37)33-31-21-27-13-8-18-34(27)25-14-16-26(17-15-25)35(38)39/h2-21H,1H3,(H,32,36)(H,33,37)/b22-19+,28-20-,31-21-. The lowest BCUT2D eigenvalue weighted by molar-refractivity contribution is -0.384. The zero-order valence-electron chi connectivity index (χ0n) is 21.0. The van der Waals surface area contributed by atoms with Crippen LogP contribution in [0.2, 0.25) is 0 Å². The van der Waals surface area contributed by atoms with Crippen LogP contribution in [0.15, 0.2) is 126 Å². The van der Waals surface area contributed by atoms with Gasteiger partial charge in [0.15, 0.2) is 0 Å². The first-order valence-electron chi connectivity index (χ1n) is 12.0. The molecule has 2 amide bonds. The molecule has 0 aliphatic carbocycles. The number of nitrogens with zero attached hydrogens (tertiary/aromatic N) is 3. The second kappa shape index (κ2) is 12.6. The van der Waals surface area contributed by atoms with Crippen LogP contribution in [0, 0.1) is 10.1 Å². The minimum Gasteiger partial charge on any atom is -0.317 e. The number of aromatic nitrogens is 1. The molecule has 0 atom stereocenters. The molecule has 0 unspecified atom stereocenters. The first-order valence-corrected chi connectivity index (χ1v) is 12.0. The minimum absolute atomic E-state index is 0.0122. The Hall–Kier alpha value is -5.57. The molecule has 2 N–H and O–H groups in total. The van der Waals surface area contributed by atoms with Crippen molar-refractivity contribution in [3.63, 3.8) is 0 Å². The molecule has 4 aromatic rings. The molecule has 0 aliphatic rings. The number of hydrogen-bond donors (Lipinski definition) is 2. The summed E-state index contributed by atoms with van der Waals surface area (Å²) in [5.41, 5.74) is 5.90. The van der Waals surface area contributed by atoms with Gasteiger partial charge in [-0.3, -0.25) is 19.7 Å². The van der Waals surface area contributed by atoms with Gasteiger partial charge in [0.2, 0.25) is 0 Å². The molecular formula is C30H25N5O4. The topological polar surface area (TPSA) is 119 Å². The first-order chi connectivity index (χ1) is 18.9. The minimum atomic E-state index is -0.607. The molecule has 0 saturated carbocycles. The Morgan fingerprint density at radius 1 is 0.897 bits per heavy atom. The summed E-state index contributed by atoms with van der Waals surface area (Å²) in [5, 5.41) is 17.7. The highest BCUT2D eigenvalue weighted by Gasteiger charge is 2.14. The van der Waals surface area contributed by atoms with Gasteiger partial charge in [0.25, 0.3) is 17.5 Å². The molecule has 0 fully saturated rings. The van der Waals surface area contributed by atoms with Crippen molar-refractivity contribution < 1.29 is 14.5 Å².